The third-order valence-corrected chi connectivity index (χ3v) is 6.70. The van der Waals surface area contributed by atoms with Crippen molar-refractivity contribution in [1.29, 1.82) is 5.26 Å². The molecule has 2 aromatic carbocycles. The molecule has 2 aromatic rings. The number of rotatable bonds is 5. The molecule has 0 saturated heterocycles. The SMILES string of the molecule is COC[C@]1(C#N)[C@@H](c2ccccc2)[C@@H]1S(=O)(=O)c1ccccc1. The maximum absolute atomic E-state index is 13.0. The standard InChI is InChI=1S/C18H17NO3S/c1-22-13-18(12-19)16(14-8-4-2-5-9-14)17(18)23(20,21)15-10-6-3-7-11-15/h2-11,16-17H,13H2,1H3/t16-,17-,18+/m0/s1. The fraction of sp³-hybridized carbons (Fsp3) is 0.278. The van der Waals surface area contributed by atoms with Gasteiger partial charge in [-0.3, -0.25) is 0 Å². The lowest BCUT2D eigenvalue weighted by Gasteiger charge is -2.08. The Labute approximate surface area is 136 Å². The Kier molecular flexibility index (Phi) is 3.97. The Morgan fingerprint density at radius 3 is 2.17 bits per heavy atom. The zero-order valence-corrected chi connectivity index (χ0v) is 13.5. The van der Waals surface area contributed by atoms with Gasteiger partial charge in [-0.25, -0.2) is 8.42 Å². The van der Waals surface area contributed by atoms with E-state index in [2.05, 4.69) is 6.07 Å². The highest BCUT2D eigenvalue weighted by molar-refractivity contribution is 7.92. The summed E-state index contributed by atoms with van der Waals surface area (Å²) in [6.07, 6.45) is 0. The molecule has 0 aromatic heterocycles. The molecule has 5 heteroatoms. The van der Waals surface area contributed by atoms with Gasteiger partial charge in [-0.2, -0.15) is 5.26 Å². The van der Waals surface area contributed by atoms with Gasteiger partial charge >= 0.3 is 0 Å². The monoisotopic (exact) mass is 327 g/mol. The van der Waals surface area contributed by atoms with E-state index in [-0.39, 0.29) is 17.4 Å². The summed E-state index contributed by atoms with van der Waals surface area (Å²) in [6.45, 7) is 0.0970. The summed E-state index contributed by atoms with van der Waals surface area (Å²) < 4.78 is 31.2. The smallest absolute Gasteiger partial charge is 0.183 e. The van der Waals surface area contributed by atoms with Gasteiger partial charge in [0, 0.05) is 13.0 Å². The van der Waals surface area contributed by atoms with Crippen LogP contribution in [0.15, 0.2) is 65.6 Å². The third kappa shape index (κ3) is 2.44. The Bertz CT molecular complexity index is 828. The van der Waals surface area contributed by atoms with E-state index in [9.17, 15) is 13.7 Å². The predicted molar refractivity (Wildman–Crippen MR) is 86.5 cm³/mol. The molecule has 3 rings (SSSR count). The summed E-state index contributed by atoms with van der Waals surface area (Å²) in [5, 5.41) is 8.92. The molecule has 0 unspecified atom stereocenters. The molecule has 1 aliphatic carbocycles. The maximum Gasteiger partial charge on any atom is 0.183 e. The Morgan fingerprint density at radius 2 is 1.65 bits per heavy atom. The number of methoxy groups -OCH3 is 1. The van der Waals surface area contributed by atoms with Crippen LogP contribution in [0.5, 0.6) is 0 Å². The molecule has 0 bridgehead atoms. The second-order valence-electron chi connectivity index (χ2n) is 5.75. The molecule has 0 N–H and O–H groups in total. The van der Waals surface area contributed by atoms with Crippen molar-refractivity contribution in [2.75, 3.05) is 13.7 Å². The quantitative estimate of drug-likeness (QED) is 0.847. The van der Waals surface area contributed by atoms with Gasteiger partial charge in [0.1, 0.15) is 5.41 Å². The molecule has 0 spiro atoms. The van der Waals surface area contributed by atoms with E-state index in [1.807, 2.05) is 30.3 Å². The normalized spacial score (nSPS) is 26.4. The first-order chi connectivity index (χ1) is 11.1. The molecule has 118 valence electrons. The number of nitriles is 1. The minimum Gasteiger partial charge on any atom is -0.383 e. The first-order valence-corrected chi connectivity index (χ1v) is 8.86. The second-order valence-corrected chi connectivity index (χ2v) is 7.82. The number of hydrogen-bond donors (Lipinski definition) is 0. The molecule has 0 aliphatic heterocycles. The summed E-state index contributed by atoms with van der Waals surface area (Å²) in [5.41, 5.74) is -0.180. The number of hydrogen-bond acceptors (Lipinski definition) is 4. The lowest BCUT2D eigenvalue weighted by molar-refractivity contribution is 0.162. The lowest BCUT2D eigenvalue weighted by atomic mass is 10.0. The van der Waals surface area contributed by atoms with Gasteiger partial charge < -0.3 is 4.74 Å². The molecule has 4 nitrogen and oxygen atoms in total. The molecular weight excluding hydrogens is 310 g/mol. The van der Waals surface area contributed by atoms with Crippen LogP contribution in [0, 0.1) is 16.7 Å². The van der Waals surface area contributed by atoms with Gasteiger partial charge in [-0.15, -0.1) is 0 Å². The van der Waals surface area contributed by atoms with Crippen molar-refractivity contribution >= 4 is 9.84 Å². The zero-order chi connectivity index (χ0) is 16.5. The van der Waals surface area contributed by atoms with Crippen LogP contribution in [0.25, 0.3) is 0 Å². The van der Waals surface area contributed by atoms with E-state index < -0.39 is 20.5 Å². The average Bonchev–Trinajstić information content (AvgIpc) is 3.27. The largest absolute Gasteiger partial charge is 0.383 e. The van der Waals surface area contributed by atoms with Crippen LogP contribution in [0.2, 0.25) is 0 Å². The van der Waals surface area contributed by atoms with Crippen LogP contribution in [0.3, 0.4) is 0 Å². The molecular formula is C18H17NO3S. The van der Waals surface area contributed by atoms with Crippen molar-refractivity contribution < 1.29 is 13.2 Å². The van der Waals surface area contributed by atoms with Gasteiger partial charge in [0.2, 0.25) is 0 Å². The van der Waals surface area contributed by atoms with Crippen LogP contribution >= 0.6 is 0 Å². The second kappa shape index (κ2) is 5.80. The zero-order valence-electron chi connectivity index (χ0n) is 12.7. The van der Waals surface area contributed by atoms with Crippen molar-refractivity contribution in [2.45, 2.75) is 16.1 Å². The highest BCUT2D eigenvalue weighted by Gasteiger charge is 2.72. The summed E-state index contributed by atoms with van der Waals surface area (Å²) in [4.78, 5) is 0.249. The number of benzene rings is 2. The van der Waals surface area contributed by atoms with Gasteiger partial charge in [-0.05, 0) is 17.7 Å². The molecule has 23 heavy (non-hydrogen) atoms. The van der Waals surface area contributed by atoms with Crippen molar-refractivity contribution in [3.05, 3.63) is 66.2 Å². The fourth-order valence-corrected chi connectivity index (χ4v) is 5.66. The minimum absolute atomic E-state index is 0.0970. The van der Waals surface area contributed by atoms with Crippen molar-refractivity contribution in [1.82, 2.24) is 0 Å². The van der Waals surface area contributed by atoms with E-state index in [1.54, 1.807) is 30.3 Å². The average molecular weight is 327 g/mol. The van der Waals surface area contributed by atoms with E-state index in [1.165, 1.54) is 7.11 Å². The maximum atomic E-state index is 13.0. The van der Waals surface area contributed by atoms with Crippen LogP contribution in [0.4, 0.5) is 0 Å². The third-order valence-electron chi connectivity index (χ3n) is 4.41. The summed E-state index contributed by atoms with van der Waals surface area (Å²) >= 11 is 0. The van der Waals surface area contributed by atoms with Crippen LogP contribution in [-0.4, -0.2) is 27.4 Å². The van der Waals surface area contributed by atoms with E-state index in [0.29, 0.717) is 0 Å². The number of nitrogens with zero attached hydrogens (tertiary/aromatic N) is 1. The molecule has 0 radical (unpaired) electrons. The number of sulfone groups is 1. The van der Waals surface area contributed by atoms with E-state index in [0.717, 1.165) is 5.56 Å². The van der Waals surface area contributed by atoms with Crippen molar-refractivity contribution in [3.8, 4) is 6.07 Å². The van der Waals surface area contributed by atoms with Crippen LogP contribution in [0.1, 0.15) is 11.5 Å². The highest BCUT2D eigenvalue weighted by Crippen LogP contribution is 2.63. The topological polar surface area (TPSA) is 67.2 Å². The summed E-state index contributed by atoms with van der Waals surface area (Å²) in [7, 11) is -2.12. The fourth-order valence-electron chi connectivity index (χ4n) is 3.33. The van der Waals surface area contributed by atoms with Crippen LogP contribution < -0.4 is 0 Å². The Morgan fingerprint density at radius 1 is 1.09 bits per heavy atom. The minimum atomic E-state index is -3.61. The number of ether oxygens (including phenoxy) is 1. The van der Waals surface area contributed by atoms with Crippen molar-refractivity contribution in [2.24, 2.45) is 5.41 Å². The van der Waals surface area contributed by atoms with Crippen LogP contribution in [-0.2, 0) is 14.6 Å². The first kappa shape index (κ1) is 15.7. The highest BCUT2D eigenvalue weighted by atomic mass is 32.2. The molecule has 1 aliphatic rings. The first-order valence-electron chi connectivity index (χ1n) is 7.32. The summed E-state index contributed by atoms with van der Waals surface area (Å²) in [6, 6.07) is 19.8. The molecule has 1 saturated carbocycles. The van der Waals surface area contributed by atoms with E-state index >= 15 is 0 Å². The van der Waals surface area contributed by atoms with E-state index in [4.69, 9.17) is 4.74 Å². The molecule has 1 fully saturated rings. The molecule has 3 atom stereocenters. The Hall–Kier alpha value is -2.16. The van der Waals surface area contributed by atoms with Gasteiger partial charge in [-0.1, -0.05) is 48.5 Å². The van der Waals surface area contributed by atoms with Gasteiger partial charge in [0.25, 0.3) is 0 Å². The predicted octanol–water partition coefficient (Wildman–Crippen LogP) is 2.78. The molecule has 0 amide bonds. The van der Waals surface area contributed by atoms with Gasteiger partial charge in [0.05, 0.1) is 22.8 Å². The Balaban J connectivity index is 2.08. The molecule has 0 heterocycles. The lowest BCUT2D eigenvalue weighted by Crippen LogP contribution is -2.19. The summed E-state index contributed by atoms with van der Waals surface area (Å²) in [5.74, 6) is -0.376. The van der Waals surface area contributed by atoms with Gasteiger partial charge in [0.15, 0.2) is 9.84 Å². The van der Waals surface area contributed by atoms with Crippen molar-refractivity contribution in [3.63, 3.8) is 0 Å².